The Balaban J connectivity index is 1.66. The molecule has 0 bridgehead atoms. The van der Waals surface area contributed by atoms with E-state index in [1.807, 2.05) is 6.07 Å². The van der Waals surface area contributed by atoms with Crippen molar-refractivity contribution < 1.29 is 14.3 Å². The van der Waals surface area contributed by atoms with Gasteiger partial charge in [0.05, 0.1) is 22.9 Å². The number of nitriles is 1. The molecule has 1 aliphatic rings. The van der Waals surface area contributed by atoms with Gasteiger partial charge < -0.3 is 15.0 Å². The molecule has 1 aliphatic heterocycles. The number of hydrogen-bond donors (Lipinski definition) is 1. The van der Waals surface area contributed by atoms with Crippen LogP contribution in [-0.2, 0) is 4.79 Å². The van der Waals surface area contributed by atoms with Gasteiger partial charge in [0.15, 0.2) is 6.61 Å². The molecule has 0 aliphatic carbocycles. The third-order valence-electron chi connectivity index (χ3n) is 4.23. The Morgan fingerprint density at radius 1 is 1.15 bits per heavy atom. The third-order valence-corrected chi connectivity index (χ3v) is 4.47. The number of amides is 2. The first kappa shape index (κ1) is 18.7. The summed E-state index contributed by atoms with van der Waals surface area (Å²) in [7, 11) is 0. The molecule has 0 radical (unpaired) electrons. The number of rotatable bonds is 5. The van der Waals surface area contributed by atoms with Crippen molar-refractivity contribution in [3.8, 4) is 11.8 Å². The minimum atomic E-state index is -0.392. The van der Waals surface area contributed by atoms with Crippen LogP contribution in [0.4, 0.5) is 5.69 Å². The van der Waals surface area contributed by atoms with Gasteiger partial charge in [-0.05, 0) is 55.3 Å². The predicted octanol–water partition coefficient (Wildman–Crippen LogP) is 3.47. The van der Waals surface area contributed by atoms with Crippen LogP contribution in [0.15, 0.2) is 42.5 Å². The smallest absolute Gasteiger partial charge is 0.262 e. The van der Waals surface area contributed by atoms with Gasteiger partial charge in [-0.3, -0.25) is 9.59 Å². The van der Waals surface area contributed by atoms with Crippen molar-refractivity contribution >= 4 is 29.1 Å². The van der Waals surface area contributed by atoms with Crippen molar-refractivity contribution in [1.82, 2.24) is 4.90 Å². The summed E-state index contributed by atoms with van der Waals surface area (Å²) < 4.78 is 5.42. The molecule has 27 heavy (non-hydrogen) atoms. The van der Waals surface area contributed by atoms with Gasteiger partial charge in [0, 0.05) is 18.1 Å². The van der Waals surface area contributed by atoms with E-state index in [0.717, 1.165) is 12.8 Å². The summed E-state index contributed by atoms with van der Waals surface area (Å²) in [5, 5.41) is 11.9. The maximum absolute atomic E-state index is 12.7. The molecule has 1 N–H and O–H groups in total. The second-order valence-electron chi connectivity index (χ2n) is 6.16. The monoisotopic (exact) mass is 383 g/mol. The summed E-state index contributed by atoms with van der Waals surface area (Å²) in [6.07, 6.45) is 1.96. The first-order chi connectivity index (χ1) is 13.1. The Morgan fingerprint density at radius 3 is 2.52 bits per heavy atom. The fourth-order valence-corrected chi connectivity index (χ4v) is 3.03. The van der Waals surface area contributed by atoms with Crippen molar-refractivity contribution in [1.29, 1.82) is 5.26 Å². The van der Waals surface area contributed by atoms with Crippen molar-refractivity contribution in [2.75, 3.05) is 25.0 Å². The number of halogens is 1. The Bertz CT molecular complexity index is 884. The van der Waals surface area contributed by atoms with Crippen LogP contribution in [0.3, 0.4) is 0 Å². The molecule has 3 rings (SSSR count). The van der Waals surface area contributed by atoms with Crippen LogP contribution in [0, 0.1) is 11.3 Å². The van der Waals surface area contributed by atoms with Crippen LogP contribution in [-0.4, -0.2) is 36.4 Å². The number of carbonyl (C=O) groups is 2. The predicted molar refractivity (Wildman–Crippen MR) is 102 cm³/mol. The Morgan fingerprint density at radius 2 is 1.85 bits per heavy atom. The minimum Gasteiger partial charge on any atom is -0.484 e. The molecule has 0 aromatic heterocycles. The standard InChI is InChI=1S/C20H18ClN3O3/c21-15-5-8-18(17(11-15)20(26)24-9-1-2-10-24)23-19(25)13-27-16-6-3-14(12-22)4-7-16/h3-8,11H,1-2,9-10,13H2,(H,23,25). The fourth-order valence-electron chi connectivity index (χ4n) is 2.85. The summed E-state index contributed by atoms with van der Waals surface area (Å²) in [4.78, 5) is 26.7. The topological polar surface area (TPSA) is 82.4 Å². The molecular formula is C20H18ClN3O3. The van der Waals surface area contributed by atoms with Crippen LogP contribution < -0.4 is 10.1 Å². The Hall–Kier alpha value is -3.04. The number of hydrogen-bond acceptors (Lipinski definition) is 4. The lowest BCUT2D eigenvalue weighted by Gasteiger charge is -2.18. The van der Waals surface area contributed by atoms with E-state index >= 15 is 0 Å². The summed E-state index contributed by atoms with van der Waals surface area (Å²) in [5.74, 6) is -0.0518. The molecule has 7 heteroatoms. The van der Waals surface area contributed by atoms with E-state index in [2.05, 4.69) is 5.32 Å². The average molecular weight is 384 g/mol. The van der Waals surface area contributed by atoms with E-state index in [1.165, 1.54) is 0 Å². The lowest BCUT2D eigenvalue weighted by atomic mass is 10.1. The van der Waals surface area contributed by atoms with Gasteiger partial charge in [-0.1, -0.05) is 11.6 Å². The number of nitrogens with zero attached hydrogens (tertiary/aromatic N) is 2. The summed E-state index contributed by atoms with van der Waals surface area (Å²) in [6.45, 7) is 1.20. The SMILES string of the molecule is N#Cc1ccc(OCC(=O)Nc2ccc(Cl)cc2C(=O)N2CCCC2)cc1. The third kappa shape index (κ3) is 4.78. The molecule has 0 unspecified atom stereocenters. The molecular weight excluding hydrogens is 366 g/mol. The second-order valence-corrected chi connectivity index (χ2v) is 6.60. The maximum Gasteiger partial charge on any atom is 0.262 e. The van der Waals surface area contributed by atoms with Crippen molar-refractivity contribution in [3.05, 3.63) is 58.6 Å². The maximum atomic E-state index is 12.7. The number of anilines is 1. The zero-order chi connectivity index (χ0) is 19.2. The fraction of sp³-hybridized carbons (Fsp3) is 0.250. The highest BCUT2D eigenvalue weighted by Gasteiger charge is 2.23. The van der Waals surface area contributed by atoms with Crippen LogP contribution >= 0.6 is 11.6 Å². The van der Waals surface area contributed by atoms with Gasteiger partial charge in [0.1, 0.15) is 5.75 Å². The van der Waals surface area contributed by atoms with Gasteiger partial charge in [-0.25, -0.2) is 0 Å². The highest BCUT2D eigenvalue weighted by molar-refractivity contribution is 6.31. The van der Waals surface area contributed by atoms with E-state index in [-0.39, 0.29) is 12.5 Å². The molecule has 0 atom stereocenters. The number of benzene rings is 2. The number of ether oxygens (including phenoxy) is 1. The number of nitrogens with one attached hydrogen (secondary N) is 1. The van der Waals surface area contributed by atoms with Gasteiger partial charge in [0.2, 0.25) is 0 Å². The van der Waals surface area contributed by atoms with Crippen LogP contribution in [0.25, 0.3) is 0 Å². The molecule has 2 aromatic rings. The average Bonchev–Trinajstić information content (AvgIpc) is 3.22. The molecule has 1 saturated heterocycles. The molecule has 0 spiro atoms. The zero-order valence-corrected chi connectivity index (χ0v) is 15.3. The van der Waals surface area contributed by atoms with Crippen LogP contribution in [0.2, 0.25) is 5.02 Å². The Kier molecular flexibility index (Phi) is 5.94. The molecule has 2 aromatic carbocycles. The summed E-state index contributed by atoms with van der Waals surface area (Å²) >= 11 is 6.04. The summed E-state index contributed by atoms with van der Waals surface area (Å²) in [5.41, 5.74) is 1.29. The van der Waals surface area contributed by atoms with Crippen molar-refractivity contribution in [3.63, 3.8) is 0 Å². The van der Waals surface area contributed by atoms with E-state index in [1.54, 1.807) is 47.4 Å². The van der Waals surface area contributed by atoms with E-state index < -0.39 is 5.91 Å². The molecule has 1 heterocycles. The quantitative estimate of drug-likeness (QED) is 0.857. The molecule has 6 nitrogen and oxygen atoms in total. The van der Waals surface area contributed by atoms with Crippen LogP contribution in [0.1, 0.15) is 28.8 Å². The first-order valence-electron chi connectivity index (χ1n) is 8.58. The lowest BCUT2D eigenvalue weighted by Crippen LogP contribution is -2.29. The number of carbonyl (C=O) groups excluding carboxylic acids is 2. The Labute approximate surface area is 162 Å². The molecule has 1 fully saturated rings. The van der Waals surface area contributed by atoms with E-state index in [0.29, 0.717) is 40.7 Å². The van der Waals surface area contributed by atoms with Gasteiger partial charge >= 0.3 is 0 Å². The van der Waals surface area contributed by atoms with Crippen LogP contribution in [0.5, 0.6) is 5.75 Å². The van der Waals surface area contributed by atoms with Crippen molar-refractivity contribution in [2.24, 2.45) is 0 Å². The summed E-state index contributed by atoms with van der Waals surface area (Å²) in [6, 6.07) is 13.3. The highest BCUT2D eigenvalue weighted by Crippen LogP contribution is 2.24. The largest absolute Gasteiger partial charge is 0.484 e. The van der Waals surface area contributed by atoms with Gasteiger partial charge in [-0.2, -0.15) is 5.26 Å². The van der Waals surface area contributed by atoms with Gasteiger partial charge in [-0.15, -0.1) is 0 Å². The highest BCUT2D eigenvalue weighted by atomic mass is 35.5. The second kappa shape index (κ2) is 8.56. The first-order valence-corrected chi connectivity index (χ1v) is 8.96. The normalized spacial score (nSPS) is 13.1. The van der Waals surface area contributed by atoms with Crippen molar-refractivity contribution in [2.45, 2.75) is 12.8 Å². The molecule has 138 valence electrons. The van der Waals surface area contributed by atoms with E-state index in [4.69, 9.17) is 21.6 Å². The zero-order valence-electron chi connectivity index (χ0n) is 14.6. The van der Waals surface area contributed by atoms with Gasteiger partial charge in [0.25, 0.3) is 11.8 Å². The molecule has 0 saturated carbocycles. The molecule has 2 amide bonds. The lowest BCUT2D eigenvalue weighted by molar-refractivity contribution is -0.118. The number of likely N-dealkylation sites (tertiary alicyclic amines) is 1. The minimum absolute atomic E-state index is 0.140. The van der Waals surface area contributed by atoms with E-state index in [9.17, 15) is 9.59 Å².